The van der Waals surface area contributed by atoms with E-state index in [-0.39, 0.29) is 19.0 Å². The van der Waals surface area contributed by atoms with Gasteiger partial charge in [0.1, 0.15) is 6.61 Å². The monoisotopic (exact) mass is 413 g/mol. The summed E-state index contributed by atoms with van der Waals surface area (Å²) >= 11 is 1.54. The number of carbonyl (C=O) groups excluding carboxylic acids is 1. The third-order valence-corrected chi connectivity index (χ3v) is 5.18. The van der Waals surface area contributed by atoms with E-state index in [1.165, 1.54) is 0 Å². The molecule has 8 nitrogen and oxygen atoms in total. The molecule has 0 aliphatic heterocycles. The number of ether oxygens (including phenoxy) is 2. The number of hydrogen-bond acceptors (Lipinski definition) is 9. The first-order valence-corrected chi connectivity index (χ1v) is 9.90. The quantitative estimate of drug-likeness (QED) is 0.407. The van der Waals surface area contributed by atoms with Gasteiger partial charge in [0, 0.05) is 26.0 Å². The molecule has 0 spiro atoms. The van der Waals surface area contributed by atoms with Crippen LogP contribution in [0, 0.1) is 6.92 Å². The maximum absolute atomic E-state index is 11.9. The first-order chi connectivity index (χ1) is 14.1. The summed E-state index contributed by atoms with van der Waals surface area (Å²) in [6.45, 7) is 2.59. The maximum Gasteiger partial charge on any atom is 0.310 e. The summed E-state index contributed by atoms with van der Waals surface area (Å²) in [6.07, 6.45) is 1.90. The molecule has 2 aromatic heterocycles. The third-order valence-electron chi connectivity index (χ3n) is 3.98. The van der Waals surface area contributed by atoms with Crippen molar-refractivity contribution in [2.45, 2.75) is 13.3 Å². The molecule has 0 saturated carbocycles. The van der Waals surface area contributed by atoms with E-state index >= 15 is 0 Å². The molecule has 0 unspecified atom stereocenters. The SMILES string of the molecule is CNc1nc(C)c(-c2ccnc(Nc3cccc(CC(=O)OCCOC)c3)n2)s1. The maximum atomic E-state index is 11.9. The zero-order valence-electron chi connectivity index (χ0n) is 16.6. The van der Waals surface area contributed by atoms with Crippen LogP contribution in [0.25, 0.3) is 10.6 Å². The zero-order chi connectivity index (χ0) is 20.6. The minimum atomic E-state index is -0.293. The molecule has 0 radical (unpaired) electrons. The summed E-state index contributed by atoms with van der Waals surface area (Å²) in [6, 6.07) is 9.38. The van der Waals surface area contributed by atoms with Crippen molar-refractivity contribution in [3.8, 4) is 10.6 Å². The van der Waals surface area contributed by atoms with Gasteiger partial charge < -0.3 is 20.1 Å². The normalized spacial score (nSPS) is 10.6. The molecule has 0 amide bonds. The topological polar surface area (TPSA) is 98.3 Å². The average Bonchev–Trinajstić information content (AvgIpc) is 3.09. The van der Waals surface area contributed by atoms with Crippen molar-refractivity contribution in [1.29, 1.82) is 0 Å². The van der Waals surface area contributed by atoms with Crippen LogP contribution in [0.15, 0.2) is 36.5 Å². The standard InChI is InChI=1S/C20H23N5O3S/c1-13-18(29-20(21-2)23-13)16-7-8-22-19(25-16)24-15-6-4-5-14(11-15)12-17(26)28-10-9-27-3/h4-8,11H,9-10,12H2,1-3H3,(H,21,23)(H,22,24,25). The minimum Gasteiger partial charge on any atom is -0.463 e. The molecule has 3 rings (SSSR count). The second-order valence-corrected chi connectivity index (χ2v) is 7.16. The molecule has 0 aliphatic rings. The molecule has 0 fully saturated rings. The van der Waals surface area contributed by atoms with Crippen molar-refractivity contribution in [1.82, 2.24) is 15.0 Å². The Morgan fingerprint density at radius 3 is 2.83 bits per heavy atom. The van der Waals surface area contributed by atoms with Gasteiger partial charge in [0.05, 0.1) is 29.3 Å². The summed E-state index contributed by atoms with van der Waals surface area (Å²) < 4.78 is 9.99. The van der Waals surface area contributed by atoms with Crippen molar-refractivity contribution in [3.05, 3.63) is 47.8 Å². The lowest BCUT2D eigenvalue weighted by atomic mass is 10.1. The highest BCUT2D eigenvalue weighted by Crippen LogP contribution is 2.31. The molecule has 1 aromatic carbocycles. The van der Waals surface area contributed by atoms with Gasteiger partial charge in [-0.15, -0.1) is 0 Å². The molecule has 2 N–H and O–H groups in total. The molecule has 0 atom stereocenters. The van der Waals surface area contributed by atoms with Crippen molar-refractivity contribution >= 4 is 34.1 Å². The summed E-state index contributed by atoms with van der Waals surface area (Å²) in [5.74, 6) is 0.180. The Hall–Kier alpha value is -3.04. The number of aromatic nitrogens is 3. The molecule has 9 heteroatoms. The Kier molecular flexibility index (Phi) is 7.09. The van der Waals surface area contributed by atoms with Crippen molar-refractivity contribution in [3.63, 3.8) is 0 Å². The van der Waals surface area contributed by atoms with Gasteiger partial charge in [-0.3, -0.25) is 4.79 Å². The summed E-state index contributed by atoms with van der Waals surface area (Å²) in [5, 5.41) is 7.09. The second kappa shape index (κ2) is 9.94. The fraction of sp³-hybridized carbons (Fsp3) is 0.300. The Balaban J connectivity index is 1.70. The number of carbonyl (C=O) groups is 1. The van der Waals surface area contributed by atoms with E-state index in [1.807, 2.05) is 44.3 Å². The second-order valence-electron chi connectivity index (χ2n) is 6.16. The van der Waals surface area contributed by atoms with E-state index < -0.39 is 0 Å². The van der Waals surface area contributed by atoms with Gasteiger partial charge in [0.2, 0.25) is 5.95 Å². The Bertz CT molecular complexity index is 976. The van der Waals surface area contributed by atoms with Gasteiger partial charge in [0.25, 0.3) is 0 Å². The highest BCUT2D eigenvalue weighted by molar-refractivity contribution is 7.19. The van der Waals surface area contributed by atoms with Crippen LogP contribution in [0.1, 0.15) is 11.3 Å². The molecule has 152 valence electrons. The van der Waals surface area contributed by atoms with E-state index in [4.69, 9.17) is 9.47 Å². The van der Waals surface area contributed by atoms with Crippen LogP contribution >= 0.6 is 11.3 Å². The lowest BCUT2D eigenvalue weighted by Crippen LogP contribution is -2.12. The largest absolute Gasteiger partial charge is 0.463 e. The molecular formula is C20H23N5O3S. The van der Waals surface area contributed by atoms with Crippen LogP contribution in [0.4, 0.5) is 16.8 Å². The van der Waals surface area contributed by atoms with E-state index in [0.29, 0.717) is 12.6 Å². The van der Waals surface area contributed by atoms with Crippen LogP contribution in [-0.2, 0) is 20.7 Å². The molecular weight excluding hydrogens is 390 g/mol. The number of thiazole rings is 1. The number of hydrogen-bond donors (Lipinski definition) is 2. The van der Waals surface area contributed by atoms with Crippen LogP contribution in [0.5, 0.6) is 0 Å². The van der Waals surface area contributed by atoms with Crippen molar-refractivity contribution in [2.24, 2.45) is 0 Å². The minimum absolute atomic E-state index is 0.187. The lowest BCUT2D eigenvalue weighted by Gasteiger charge is -2.08. The number of aryl methyl sites for hydroxylation is 1. The summed E-state index contributed by atoms with van der Waals surface area (Å²) in [5.41, 5.74) is 3.35. The number of nitrogens with zero attached hydrogens (tertiary/aromatic N) is 3. The summed E-state index contributed by atoms with van der Waals surface area (Å²) in [7, 11) is 3.41. The predicted octanol–water partition coefficient (Wildman–Crippen LogP) is 3.43. The van der Waals surface area contributed by atoms with E-state index in [1.54, 1.807) is 24.6 Å². The average molecular weight is 414 g/mol. The number of methoxy groups -OCH3 is 1. The molecule has 0 saturated heterocycles. The fourth-order valence-corrected chi connectivity index (χ4v) is 3.52. The number of esters is 1. The molecule has 29 heavy (non-hydrogen) atoms. The van der Waals surface area contributed by atoms with Gasteiger partial charge >= 0.3 is 5.97 Å². The number of nitrogens with one attached hydrogen (secondary N) is 2. The summed E-state index contributed by atoms with van der Waals surface area (Å²) in [4.78, 5) is 26.2. The predicted molar refractivity (Wildman–Crippen MR) is 114 cm³/mol. The van der Waals surface area contributed by atoms with Gasteiger partial charge in [0.15, 0.2) is 5.13 Å². The zero-order valence-corrected chi connectivity index (χ0v) is 17.4. The van der Waals surface area contributed by atoms with Crippen LogP contribution in [0.2, 0.25) is 0 Å². The highest BCUT2D eigenvalue weighted by atomic mass is 32.1. The fourth-order valence-electron chi connectivity index (χ4n) is 2.63. The number of anilines is 3. The van der Waals surface area contributed by atoms with Crippen LogP contribution in [0.3, 0.4) is 0 Å². The van der Waals surface area contributed by atoms with Crippen molar-refractivity contribution < 1.29 is 14.3 Å². The Morgan fingerprint density at radius 2 is 2.07 bits per heavy atom. The van der Waals surface area contributed by atoms with E-state index in [0.717, 1.165) is 32.6 Å². The van der Waals surface area contributed by atoms with Crippen LogP contribution < -0.4 is 10.6 Å². The Morgan fingerprint density at radius 1 is 1.21 bits per heavy atom. The number of benzene rings is 1. The molecule has 3 aromatic rings. The highest BCUT2D eigenvalue weighted by Gasteiger charge is 2.12. The van der Waals surface area contributed by atoms with Crippen molar-refractivity contribution in [2.75, 3.05) is 38.0 Å². The van der Waals surface area contributed by atoms with Gasteiger partial charge in [-0.2, -0.15) is 0 Å². The number of rotatable bonds is 9. The molecule has 2 heterocycles. The first-order valence-electron chi connectivity index (χ1n) is 9.08. The molecule has 0 aliphatic carbocycles. The first kappa shape index (κ1) is 20.7. The van der Waals surface area contributed by atoms with Gasteiger partial charge in [-0.05, 0) is 30.7 Å². The van der Waals surface area contributed by atoms with Gasteiger partial charge in [-0.25, -0.2) is 15.0 Å². The van der Waals surface area contributed by atoms with E-state index in [2.05, 4.69) is 25.6 Å². The van der Waals surface area contributed by atoms with E-state index in [9.17, 15) is 4.79 Å². The van der Waals surface area contributed by atoms with Gasteiger partial charge in [-0.1, -0.05) is 23.5 Å². The lowest BCUT2D eigenvalue weighted by molar-refractivity contribution is -0.144. The Labute approximate surface area is 173 Å². The third kappa shape index (κ3) is 5.72. The van der Waals surface area contributed by atoms with Crippen LogP contribution in [-0.4, -0.2) is 48.3 Å². The smallest absolute Gasteiger partial charge is 0.310 e. The molecule has 0 bridgehead atoms.